The molecule has 33 heavy (non-hydrogen) atoms. The van der Waals surface area contributed by atoms with E-state index in [1.54, 1.807) is 30.3 Å². The van der Waals surface area contributed by atoms with Gasteiger partial charge in [-0.25, -0.2) is 28.1 Å². The third-order valence-electron chi connectivity index (χ3n) is 4.39. The van der Waals surface area contributed by atoms with Gasteiger partial charge in [-0.3, -0.25) is 4.79 Å². The van der Waals surface area contributed by atoms with Crippen molar-refractivity contribution in [1.29, 1.82) is 0 Å². The number of benzene rings is 2. The SMILES string of the molecule is Cc1nc(COc2ccccc2C(=O)Nc2ccc(S(=O)(=O)Nc3ncccn3)cc2)cs1. The number of nitrogens with zero attached hydrogens (tertiary/aromatic N) is 3. The van der Waals surface area contributed by atoms with Crippen LogP contribution in [0.2, 0.25) is 0 Å². The number of carbonyl (C=O) groups is 1. The van der Waals surface area contributed by atoms with Crippen LogP contribution in [-0.4, -0.2) is 29.3 Å². The Morgan fingerprint density at radius 2 is 1.76 bits per heavy atom. The van der Waals surface area contributed by atoms with Crippen molar-refractivity contribution in [3.8, 4) is 5.75 Å². The lowest BCUT2D eigenvalue weighted by Crippen LogP contribution is -2.16. The van der Waals surface area contributed by atoms with Crippen molar-refractivity contribution >= 4 is 38.9 Å². The van der Waals surface area contributed by atoms with Crippen LogP contribution in [0.1, 0.15) is 21.1 Å². The molecule has 2 heterocycles. The summed E-state index contributed by atoms with van der Waals surface area (Å²) in [5.74, 6) is 0.0117. The normalized spacial score (nSPS) is 11.1. The fourth-order valence-electron chi connectivity index (χ4n) is 2.85. The number of aromatic nitrogens is 3. The number of aryl methyl sites for hydroxylation is 1. The molecular formula is C22H19N5O4S2. The Balaban J connectivity index is 1.44. The van der Waals surface area contributed by atoms with E-state index in [-0.39, 0.29) is 23.4 Å². The second kappa shape index (κ2) is 9.76. The summed E-state index contributed by atoms with van der Waals surface area (Å²) in [6.45, 7) is 2.16. The Bertz CT molecular complexity index is 1360. The van der Waals surface area contributed by atoms with Gasteiger partial charge in [-0.2, -0.15) is 0 Å². The third-order valence-corrected chi connectivity index (χ3v) is 6.55. The summed E-state index contributed by atoms with van der Waals surface area (Å²) in [6, 6.07) is 14.2. The highest BCUT2D eigenvalue weighted by Gasteiger charge is 2.17. The largest absolute Gasteiger partial charge is 0.486 e. The summed E-state index contributed by atoms with van der Waals surface area (Å²) in [4.78, 5) is 24.9. The second-order valence-electron chi connectivity index (χ2n) is 6.80. The molecule has 168 valence electrons. The highest BCUT2D eigenvalue weighted by molar-refractivity contribution is 7.92. The molecule has 2 aromatic carbocycles. The molecule has 0 aliphatic carbocycles. The monoisotopic (exact) mass is 481 g/mol. The number of rotatable bonds is 8. The van der Waals surface area contributed by atoms with E-state index in [4.69, 9.17) is 4.74 Å². The molecule has 0 fully saturated rings. The van der Waals surface area contributed by atoms with Crippen LogP contribution in [0.15, 0.2) is 77.3 Å². The summed E-state index contributed by atoms with van der Waals surface area (Å²) >= 11 is 1.53. The lowest BCUT2D eigenvalue weighted by atomic mass is 10.2. The molecule has 4 aromatic rings. The van der Waals surface area contributed by atoms with Crippen molar-refractivity contribution in [2.45, 2.75) is 18.4 Å². The number of ether oxygens (including phenoxy) is 1. The molecule has 0 aliphatic rings. The number of anilines is 2. The van der Waals surface area contributed by atoms with Gasteiger partial charge in [-0.1, -0.05) is 12.1 Å². The van der Waals surface area contributed by atoms with Crippen molar-refractivity contribution < 1.29 is 17.9 Å². The highest BCUT2D eigenvalue weighted by atomic mass is 32.2. The van der Waals surface area contributed by atoms with E-state index < -0.39 is 10.0 Å². The fourth-order valence-corrected chi connectivity index (χ4v) is 4.41. The molecule has 2 aromatic heterocycles. The molecule has 0 bridgehead atoms. The molecule has 0 spiro atoms. The average molecular weight is 482 g/mol. The van der Waals surface area contributed by atoms with E-state index in [2.05, 4.69) is 25.0 Å². The third kappa shape index (κ3) is 5.70. The van der Waals surface area contributed by atoms with Gasteiger partial charge in [0, 0.05) is 23.5 Å². The van der Waals surface area contributed by atoms with E-state index in [1.165, 1.54) is 48.0 Å². The van der Waals surface area contributed by atoms with Gasteiger partial charge in [0.05, 0.1) is 21.2 Å². The molecule has 0 aliphatic heterocycles. The number of hydrogen-bond donors (Lipinski definition) is 2. The highest BCUT2D eigenvalue weighted by Crippen LogP contribution is 2.22. The van der Waals surface area contributed by atoms with Crippen molar-refractivity contribution in [2.24, 2.45) is 0 Å². The Morgan fingerprint density at radius 1 is 1.03 bits per heavy atom. The molecule has 4 rings (SSSR count). The molecule has 0 radical (unpaired) electrons. The van der Waals surface area contributed by atoms with E-state index in [1.807, 2.05) is 12.3 Å². The van der Waals surface area contributed by atoms with Crippen molar-refractivity contribution in [3.63, 3.8) is 0 Å². The first-order valence-corrected chi connectivity index (χ1v) is 12.1. The number of carbonyl (C=O) groups excluding carboxylic acids is 1. The van der Waals surface area contributed by atoms with Gasteiger partial charge in [0.2, 0.25) is 5.95 Å². The van der Waals surface area contributed by atoms with E-state index in [9.17, 15) is 13.2 Å². The first-order chi connectivity index (χ1) is 15.9. The molecule has 0 saturated carbocycles. The van der Waals surface area contributed by atoms with Gasteiger partial charge in [0.1, 0.15) is 12.4 Å². The number of nitrogens with one attached hydrogen (secondary N) is 2. The summed E-state index contributed by atoms with van der Waals surface area (Å²) in [7, 11) is -3.86. The maximum Gasteiger partial charge on any atom is 0.264 e. The van der Waals surface area contributed by atoms with Crippen LogP contribution >= 0.6 is 11.3 Å². The zero-order valence-corrected chi connectivity index (χ0v) is 19.1. The Morgan fingerprint density at radius 3 is 2.45 bits per heavy atom. The van der Waals surface area contributed by atoms with Gasteiger partial charge >= 0.3 is 0 Å². The topological polar surface area (TPSA) is 123 Å². The minimum absolute atomic E-state index is 0.00948. The Hall–Kier alpha value is -3.83. The molecule has 0 atom stereocenters. The van der Waals surface area contributed by atoms with Crippen LogP contribution in [-0.2, 0) is 16.6 Å². The van der Waals surface area contributed by atoms with Crippen molar-refractivity contribution in [1.82, 2.24) is 15.0 Å². The lowest BCUT2D eigenvalue weighted by molar-refractivity contribution is 0.102. The molecule has 9 nitrogen and oxygen atoms in total. The van der Waals surface area contributed by atoms with Crippen LogP contribution in [0.3, 0.4) is 0 Å². The summed E-state index contributed by atoms with van der Waals surface area (Å²) in [5, 5.41) is 5.61. The number of hydrogen-bond acceptors (Lipinski definition) is 8. The van der Waals surface area contributed by atoms with Crippen LogP contribution in [0.5, 0.6) is 5.75 Å². The van der Waals surface area contributed by atoms with Crippen LogP contribution in [0, 0.1) is 6.92 Å². The van der Waals surface area contributed by atoms with Gasteiger partial charge in [-0.05, 0) is 49.4 Å². The molecular weight excluding hydrogens is 462 g/mol. The minimum Gasteiger partial charge on any atom is -0.486 e. The van der Waals surface area contributed by atoms with Crippen LogP contribution < -0.4 is 14.8 Å². The minimum atomic E-state index is -3.86. The lowest BCUT2D eigenvalue weighted by Gasteiger charge is -2.12. The molecule has 11 heteroatoms. The Kier molecular flexibility index (Phi) is 6.61. The first-order valence-electron chi connectivity index (χ1n) is 9.75. The Labute approximate surface area is 194 Å². The van der Waals surface area contributed by atoms with Gasteiger partial charge < -0.3 is 10.1 Å². The van der Waals surface area contributed by atoms with Crippen LogP contribution in [0.25, 0.3) is 0 Å². The average Bonchev–Trinajstić information content (AvgIpc) is 3.23. The van der Waals surface area contributed by atoms with E-state index in [0.717, 1.165) is 10.7 Å². The molecule has 1 amide bonds. The number of para-hydroxylation sites is 1. The summed E-state index contributed by atoms with van der Waals surface area (Å²) < 4.78 is 33.1. The predicted molar refractivity (Wildman–Crippen MR) is 125 cm³/mol. The van der Waals surface area contributed by atoms with E-state index >= 15 is 0 Å². The standard InChI is InChI=1S/C22H19N5O4S2/c1-15-25-17(14-32-15)13-31-20-6-3-2-5-19(20)21(28)26-16-7-9-18(10-8-16)33(29,30)27-22-23-11-4-12-24-22/h2-12,14H,13H2,1H3,(H,26,28)(H,23,24,27). The van der Waals surface area contributed by atoms with Crippen LogP contribution in [0.4, 0.5) is 11.6 Å². The molecule has 0 saturated heterocycles. The quantitative estimate of drug-likeness (QED) is 0.391. The second-order valence-corrected chi connectivity index (χ2v) is 9.54. The zero-order valence-electron chi connectivity index (χ0n) is 17.4. The van der Waals surface area contributed by atoms with Gasteiger partial charge in [0.15, 0.2) is 0 Å². The van der Waals surface area contributed by atoms with Gasteiger partial charge in [0.25, 0.3) is 15.9 Å². The fraction of sp³-hybridized carbons (Fsp3) is 0.0909. The number of thiazole rings is 1. The summed E-state index contributed by atoms with van der Waals surface area (Å²) in [6.07, 6.45) is 2.87. The summed E-state index contributed by atoms with van der Waals surface area (Å²) in [5.41, 5.74) is 1.57. The molecule has 2 N–H and O–H groups in total. The maximum absolute atomic E-state index is 12.8. The predicted octanol–water partition coefficient (Wildman–Crippen LogP) is 3.87. The maximum atomic E-state index is 12.8. The number of sulfonamides is 1. The smallest absolute Gasteiger partial charge is 0.264 e. The number of amides is 1. The van der Waals surface area contributed by atoms with Crippen molar-refractivity contribution in [2.75, 3.05) is 10.0 Å². The van der Waals surface area contributed by atoms with Gasteiger partial charge in [-0.15, -0.1) is 11.3 Å². The zero-order chi connectivity index (χ0) is 23.3. The van der Waals surface area contributed by atoms with Crippen molar-refractivity contribution in [3.05, 3.63) is 88.6 Å². The molecule has 0 unspecified atom stereocenters. The first kappa shape index (κ1) is 22.4. The van der Waals surface area contributed by atoms with E-state index in [0.29, 0.717) is 17.0 Å².